The molecule has 1 aromatic carbocycles. The van der Waals surface area contributed by atoms with Crippen LogP contribution < -0.4 is 5.32 Å². The lowest BCUT2D eigenvalue weighted by molar-refractivity contribution is -0.145. The number of nitrogens with zero attached hydrogens (tertiary/aromatic N) is 1. The van der Waals surface area contributed by atoms with Crippen molar-refractivity contribution in [3.63, 3.8) is 0 Å². The minimum Gasteiger partial charge on any atom is -0.388 e. The predicted molar refractivity (Wildman–Crippen MR) is 95.7 cm³/mol. The highest BCUT2D eigenvalue weighted by atomic mass is 16.3. The Morgan fingerprint density at radius 1 is 1.32 bits per heavy atom. The number of amides is 2. The van der Waals surface area contributed by atoms with E-state index in [4.69, 9.17) is 0 Å². The molecule has 136 valence electrons. The zero-order valence-corrected chi connectivity index (χ0v) is 15.1. The molecule has 2 aliphatic rings. The van der Waals surface area contributed by atoms with E-state index >= 15 is 0 Å². The van der Waals surface area contributed by atoms with E-state index in [1.165, 1.54) is 0 Å². The van der Waals surface area contributed by atoms with Gasteiger partial charge in [0, 0.05) is 25.4 Å². The highest BCUT2D eigenvalue weighted by molar-refractivity contribution is 5.89. The third-order valence-corrected chi connectivity index (χ3v) is 5.74. The first-order chi connectivity index (χ1) is 11.9. The summed E-state index contributed by atoms with van der Waals surface area (Å²) in [6.45, 7) is 4.65. The Morgan fingerprint density at radius 2 is 2.00 bits per heavy atom. The fourth-order valence-corrected chi connectivity index (χ4v) is 3.58. The van der Waals surface area contributed by atoms with E-state index in [9.17, 15) is 14.7 Å². The summed E-state index contributed by atoms with van der Waals surface area (Å²) in [5.74, 6) is -0.234. The largest absolute Gasteiger partial charge is 0.388 e. The molecule has 2 N–H and O–H groups in total. The van der Waals surface area contributed by atoms with E-state index in [2.05, 4.69) is 5.32 Å². The van der Waals surface area contributed by atoms with Gasteiger partial charge in [-0.2, -0.15) is 0 Å². The van der Waals surface area contributed by atoms with Crippen LogP contribution in [0.1, 0.15) is 50.7 Å². The first kappa shape index (κ1) is 17.9. The van der Waals surface area contributed by atoms with Crippen LogP contribution in [0.5, 0.6) is 0 Å². The summed E-state index contributed by atoms with van der Waals surface area (Å²) < 4.78 is 0. The quantitative estimate of drug-likeness (QED) is 0.858. The molecule has 0 radical (unpaired) electrons. The van der Waals surface area contributed by atoms with Gasteiger partial charge in [-0.25, -0.2) is 0 Å². The number of nitrogens with one attached hydrogen (secondary N) is 1. The van der Waals surface area contributed by atoms with Crippen LogP contribution in [0.25, 0.3) is 0 Å². The van der Waals surface area contributed by atoms with Crippen molar-refractivity contribution in [2.45, 2.75) is 64.1 Å². The molecule has 2 unspecified atom stereocenters. The average molecular weight is 344 g/mol. The monoisotopic (exact) mass is 344 g/mol. The van der Waals surface area contributed by atoms with E-state index in [1.54, 1.807) is 4.90 Å². The Bertz CT molecular complexity index is 654. The fraction of sp³-hybridized carbons (Fsp3) is 0.600. The van der Waals surface area contributed by atoms with Crippen LogP contribution in [0, 0.1) is 5.92 Å². The van der Waals surface area contributed by atoms with Crippen LogP contribution in [0.15, 0.2) is 24.3 Å². The molecule has 1 fully saturated rings. The number of carbonyl (C=O) groups is 2. The lowest BCUT2D eigenvalue weighted by Crippen LogP contribution is -2.56. The van der Waals surface area contributed by atoms with E-state index in [-0.39, 0.29) is 24.3 Å². The maximum Gasteiger partial charge on any atom is 0.243 e. The minimum atomic E-state index is -0.756. The van der Waals surface area contributed by atoms with Crippen molar-refractivity contribution in [2.24, 2.45) is 5.92 Å². The fourth-order valence-electron chi connectivity index (χ4n) is 3.58. The molecule has 25 heavy (non-hydrogen) atoms. The highest BCUT2D eigenvalue weighted by Gasteiger charge is 2.38. The maximum atomic E-state index is 12.8. The van der Waals surface area contributed by atoms with Gasteiger partial charge >= 0.3 is 0 Å². The van der Waals surface area contributed by atoms with Gasteiger partial charge in [-0.15, -0.1) is 0 Å². The van der Waals surface area contributed by atoms with Crippen molar-refractivity contribution in [3.8, 4) is 0 Å². The SMILES string of the molecule is CCC(C)C(=O)N1Cc2ccccc2CC1C(=O)NCC1(O)CCC1. The van der Waals surface area contributed by atoms with Crippen LogP contribution in [-0.4, -0.2) is 40.0 Å². The molecule has 3 rings (SSSR count). The Labute approximate surface area is 149 Å². The lowest BCUT2D eigenvalue weighted by atomic mass is 9.80. The maximum absolute atomic E-state index is 12.8. The molecule has 0 aromatic heterocycles. The van der Waals surface area contributed by atoms with Crippen LogP contribution in [-0.2, 0) is 22.6 Å². The zero-order valence-electron chi connectivity index (χ0n) is 15.1. The number of aliphatic hydroxyl groups is 1. The second-order valence-corrected chi connectivity index (χ2v) is 7.56. The minimum absolute atomic E-state index is 0.0273. The predicted octanol–water partition coefficient (Wildman–Crippen LogP) is 2.02. The summed E-state index contributed by atoms with van der Waals surface area (Å²) in [6.07, 6.45) is 3.75. The van der Waals surface area contributed by atoms with Gasteiger partial charge in [-0.1, -0.05) is 38.1 Å². The van der Waals surface area contributed by atoms with Crippen LogP contribution >= 0.6 is 0 Å². The van der Waals surface area contributed by atoms with Gasteiger partial charge in [0.2, 0.25) is 11.8 Å². The van der Waals surface area contributed by atoms with Gasteiger partial charge in [-0.05, 0) is 36.8 Å². The molecular formula is C20H28N2O3. The van der Waals surface area contributed by atoms with E-state index < -0.39 is 11.6 Å². The summed E-state index contributed by atoms with van der Waals surface area (Å²) in [5, 5.41) is 13.1. The molecule has 2 amide bonds. The Hall–Kier alpha value is -1.88. The summed E-state index contributed by atoms with van der Waals surface area (Å²) in [5.41, 5.74) is 1.48. The molecule has 2 atom stereocenters. The van der Waals surface area contributed by atoms with Crippen molar-refractivity contribution < 1.29 is 14.7 Å². The number of fused-ring (bicyclic) bond motifs is 1. The first-order valence-electron chi connectivity index (χ1n) is 9.31. The van der Waals surface area contributed by atoms with Crippen LogP contribution in [0.2, 0.25) is 0 Å². The molecule has 1 aromatic rings. The molecule has 1 aliphatic heterocycles. The Morgan fingerprint density at radius 3 is 2.60 bits per heavy atom. The molecule has 5 heteroatoms. The molecule has 1 heterocycles. The number of hydrogen-bond donors (Lipinski definition) is 2. The Kier molecular flexibility index (Phi) is 5.13. The summed E-state index contributed by atoms with van der Waals surface area (Å²) >= 11 is 0. The standard InChI is InChI=1S/C20H28N2O3/c1-3-14(2)19(24)22-12-16-8-5-4-7-15(16)11-17(22)18(23)21-13-20(25)9-6-10-20/h4-5,7-8,14,17,25H,3,6,9-13H2,1-2H3,(H,21,23). The normalized spacial score (nSPS) is 22.5. The van der Waals surface area contributed by atoms with E-state index in [0.717, 1.165) is 36.8 Å². The molecule has 0 bridgehead atoms. The van der Waals surface area contributed by atoms with Crippen LogP contribution in [0.4, 0.5) is 0 Å². The number of benzene rings is 1. The first-order valence-corrected chi connectivity index (χ1v) is 9.31. The molecular weight excluding hydrogens is 316 g/mol. The third-order valence-electron chi connectivity index (χ3n) is 5.74. The van der Waals surface area contributed by atoms with Gasteiger partial charge in [0.05, 0.1) is 5.60 Å². The average Bonchev–Trinajstić information content (AvgIpc) is 2.62. The van der Waals surface area contributed by atoms with Crippen molar-refractivity contribution in [2.75, 3.05) is 6.54 Å². The summed E-state index contributed by atoms with van der Waals surface area (Å²) in [6, 6.07) is 7.49. The van der Waals surface area contributed by atoms with Gasteiger partial charge in [0.25, 0.3) is 0 Å². The summed E-state index contributed by atoms with van der Waals surface area (Å²) in [4.78, 5) is 27.3. The van der Waals surface area contributed by atoms with Gasteiger partial charge in [-0.3, -0.25) is 9.59 Å². The van der Waals surface area contributed by atoms with Gasteiger partial charge in [0.15, 0.2) is 0 Å². The molecule has 0 spiro atoms. The molecule has 0 saturated heterocycles. The Balaban J connectivity index is 1.77. The lowest BCUT2D eigenvalue weighted by Gasteiger charge is -2.40. The molecule has 5 nitrogen and oxygen atoms in total. The molecule has 1 saturated carbocycles. The van der Waals surface area contributed by atoms with Gasteiger partial charge < -0.3 is 15.3 Å². The second kappa shape index (κ2) is 7.16. The van der Waals surface area contributed by atoms with Crippen molar-refractivity contribution >= 4 is 11.8 Å². The smallest absolute Gasteiger partial charge is 0.243 e. The number of carbonyl (C=O) groups excluding carboxylic acids is 2. The zero-order chi connectivity index (χ0) is 18.0. The second-order valence-electron chi connectivity index (χ2n) is 7.56. The number of hydrogen-bond acceptors (Lipinski definition) is 3. The van der Waals surface area contributed by atoms with Crippen molar-refractivity contribution in [3.05, 3.63) is 35.4 Å². The summed E-state index contributed by atoms with van der Waals surface area (Å²) in [7, 11) is 0. The van der Waals surface area contributed by atoms with Crippen molar-refractivity contribution in [1.82, 2.24) is 10.2 Å². The van der Waals surface area contributed by atoms with Gasteiger partial charge in [0.1, 0.15) is 6.04 Å². The number of rotatable bonds is 5. The van der Waals surface area contributed by atoms with E-state index in [1.807, 2.05) is 38.1 Å². The topological polar surface area (TPSA) is 69.6 Å². The van der Waals surface area contributed by atoms with E-state index in [0.29, 0.717) is 13.0 Å². The third kappa shape index (κ3) is 3.71. The van der Waals surface area contributed by atoms with Crippen LogP contribution in [0.3, 0.4) is 0 Å². The van der Waals surface area contributed by atoms with Crippen molar-refractivity contribution in [1.29, 1.82) is 0 Å². The molecule has 1 aliphatic carbocycles. The highest BCUT2D eigenvalue weighted by Crippen LogP contribution is 2.31.